The monoisotopic (exact) mass is 442 g/mol. The summed E-state index contributed by atoms with van der Waals surface area (Å²) in [6.07, 6.45) is 4.28. The van der Waals surface area contributed by atoms with Crippen LogP contribution in [0.5, 0.6) is 0 Å². The first kappa shape index (κ1) is 27.7. The topological polar surface area (TPSA) is 54.0 Å². The van der Waals surface area contributed by atoms with Crippen molar-refractivity contribution in [2.24, 2.45) is 5.92 Å². The van der Waals surface area contributed by atoms with Crippen LogP contribution < -0.4 is 0 Å². The number of ether oxygens (including phenoxy) is 2. The molecule has 5 nitrogen and oxygen atoms in total. The third-order valence-corrected chi connectivity index (χ3v) is 5.62. The van der Waals surface area contributed by atoms with Gasteiger partial charge in [-0.05, 0) is 77.1 Å². The lowest BCUT2D eigenvalue weighted by molar-refractivity contribution is -0.140. The summed E-state index contributed by atoms with van der Waals surface area (Å²) in [6, 6.07) is 0. The number of hydrogen-bond donors (Lipinski definition) is 0. The second kappa shape index (κ2) is 13.1. The highest BCUT2D eigenvalue weighted by Gasteiger charge is 2.27. The van der Waals surface area contributed by atoms with E-state index in [0.29, 0.717) is 24.9 Å². The number of carbonyl (C=O) groups excluding carboxylic acids is 1. The molecule has 0 bridgehead atoms. The first-order chi connectivity index (χ1) is 13.3. The molecule has 0 spiro atoms. The summed E-state index contributed by atoms with van der Waals surface area (Å²) in [7, 11) is -2.31. The standard InChI is InChI=1S/C22H42O5Si2/c1-11-13-18(3)16-20(26-28(5,6)7)19(14-15-21(23)24-4)17-22(25-12-2)27-29(8,9)10/h11,18,20H,1,12-16H2,2-10H3/t17?,18-,20-/m1/s1. The molecule has 0 aliphatic rings. The Kier molecular flexibility index (Phi) is 12.5. The van der Waals surface area contributed by atoms with Gasteiger partial charge in [0, 0.05) is 12.0 Å². The van der Waals surface area contributed by atoms with E-state index in [1.54, 1.807) is 0 Å². The minimum Gasteiger partial charge on any atom is -0.514 e. The molecular weight excluding hydrogens is 400 g/mol. The Morgan fingerprint density at radius 3 is 2.17 bits per heavy atom. The Morgan fingerprint density at radius 1 is 1.10 bits per heavy atom. The van der Waals surface area contributed by atoms with Crippen LogP contribution in [-0.2, 0) is 23.1 Å². The van der Waals surface area contributed by atoms with Crippen molar-refractivity contribution in [2.45, 2.75) is 84.9 Å². The number of allylic oxidation sites excluding steroid dienone is 1. The zero-order valence-corrected chi connectivity index (χ0v) is 22.0. The van der Waals surface area contributed by atoms with E-state index in [2.05, 4.69) is 58.5 Å². The SMILES string of the molecule is C=CC[C@@H](C)C[C@@H](O[Si](C)(C)C)C(=C=C(OCC)O[Si](C)(C)C)CCC(=O)OC. The Hall–Kier alpha value is -1.28. The van der Waals surface area contributed by atoms with Crippen molar-refractivity contribution in [3.63, 3.8) is 0 Å². The van der Waals surface area contributed by atoms with Crippen LogP contribution in [0.25, 0.3) is 0 Å². The van der Waals surface area contributed by atoms with Crippen LogP contribution in [0.4, 0.5) is 0 Å². The molecule has 0 aliphatic carbocycles. The van der Waals surface area contributed by atoms with E-state index in [4.69, 9.17) is 18.3 Å². The van der Waals surface area contributed by atoms with Gasteiger partial charge in [0.2, 0.25) is 8.32 Å². The quantitative estimate of drug-likeness (QED) is 0.108. The van der Waals surface area contributed by atoms with Gasteiger partial charge >= 0.3 is 11.9 Å². The molecule has 0 aliphatic heterocycles. The van der Waals surface area contributed by atoms with Crippen LogP contribution in [0.15, 0.2) is 29.9 Å². The number of methoxy groups -OCH3 is 1. The Bertz CT molecular complexity index is 581. The first-order valence-electron chi connectivity index (χ1n) is 10.5. The van der Waals surface area contributed by atoms with Gasteiger partial charge in [0.05, 0.1) is 19.8 Å². The first-order valence-corrected chi connectivity index (χ1v) is 17.3. The van der Waals surface area contributed by atoms with Crippen molar-refractivity contribution < 1.29 is 23.1 Å². The predicted molar refractivity (Wildman–Crippen MR) is 125 cm³/mol. The van der Waals surface area contributed by atoms with E-state index in [9.17, 15) is 4.79 Å². The molecule has 0 aromatic rings. The van der Waals surface area contributed by atoms with E-state index in [1.807, 2.05) is 13.0 Å². The molecule has 168 valence electrons. The molecule has 0 saturated heterocycles. The molecule has 0 unspecified atom stereocenters. The average molecular weight is 443 g/mol. The van der Waals surface area contributed by atoms with Gasteiger partial charge in [0.1, 0.15) is 0 Å². The smallest absolute Gasteiger partial charge is 0.313 e. The van der Waals surface area contributed by atoms with Crippen molar-refractivity contribution in [1.29, 1.82) is 0 Å². The molecule has 0 radical (unpaired) electrons. The van der Waals surface area contributed by atoms with Gasteiger partial charge in [-0.25, -0.2) is 0 Å². The molecule has 7 heteroatoms. The molecular formula is C22H42O5Si2. The highest BCUT2D eigenvalue weighted by atomic mass is 28.4. The maximum Gasteiger partial charge on any atom is 0.313 e. The van der Waals surface area contributed by atoms with Gasteiger partial charge in [0.25, 0.3) is 0 Å². The van der Waals surface area contributed by atoms with Crippen LogP contribution in [0, 0.1) is 5.92 Å². The van der Waals surface area contributed by atoms with E-state index in [0.717, 1.165) is 18.4 Å². The summed E-state index contributed by atoms with van der Waals surface area (Å²) in [5, 5.41) is 0. The van der Waals surface area contributed by atoms with Gasteiger partial charge < -0.3 is 18.3 Å². The van der Waals surface area contributed by atoms with Crippen LogP contribution in [0.1, 0.15) is 39.5 Å². The van der Waals surface area contributed by atoms with Crippen LogP contribution >= 0.6 is 0 Å². The van der Waals surface area contributed by atoms with Crippen molar-refractivity contribution in [3.05, 3.63) is 29.9 Å². The van der Waals surface area contributed by atoms with Crippen molar-refractivity contribution in [3.8, 4) is 0 Å². The Labute approximate surface area is 180 Å². The zero-order valence-electron chi connectivity index (χ0n) is 20.0. The number of esters is 1. The maximum absolute atomic E-state index is 11.8. The van der Waals surface area contributed by atoms with Crippen LogP contribution in [0.2, 0.25) is 39.3 Å². The highest BCUT2D eigenvalue weighted by molar-refractivity contribution is 6.70. The maximum atomic E-state index is 11.8. The third kappa shape index (κ3) is 14.4. The summed E-state index contributed by atoms with van der Waals surface area (Å²) in [5.74, 6) is 0.545. The van der Waals surface area contributed by atoms with Gasteiger partial charge in [-0.15, -0.1) is 6.58 Å². The second-order valence-electron chi connectivity index (χ2n) is 9.25. The number of rotatable bonds is 14. The number of hydrogen-bond acceptors (Lipinski definition) is 5. The van der Waals surface area contributed by atoms with E-state index >= 15 is 0 Å². The fourth-order valence-corrected chi connectivity index (χ4v) is 4.47. The molecule has 0 rings (SSSR count). The Balaban J connectivity index is 6.20. The van der Waals surface area contributed by atoms with E-state index in [1.165, 1.54) is 7.11 Å². The fourth-order valence-electron chi connectivity index (χ4n) is 2.71. The van der Waals surface area contributed by atoms with Gasteiger partial charge in [-0.2, -0.15) is 0 Å². The molecule has 0 amide bonds. The summed E-state index contributed by atoms with van der Waals surface area (Å²) >= 11 is 0. The molecule has 0 saturated carbocycles. The summed E-state index contributed by atoms with van der Waals surface area (Å²) in [4.78, 5) is 11.8. The predicted octanol–water partition coefficient (Wildman–Crippen LogP) is 6.02. The minimum atomic E-state index is -1.88. The van der Waals surface area contributed by atoms with E-state index in [-0.39, 0.29) is 18.5 Å². The largest absolute Gasteiger partial charge is 0.514 e. The lowest BCUT2D eigenvalue weighted by Crippen LogP contribution is -2.34. The van der Waals surface area contributed by atoms with Crippen molar-refractivity contribution in [2.75, 3.05) is 13.7 Å². The summed E-state index contributed by atoms with van der Waals surface area (Å²) in [5.41, 5.74) is 4.25. The zero-order chi connectivity index (χ0) is 22.7. The molecule has 0 N–H and O–H groups in total. The molecule has 0 heterocycles. The van der Waals surface area contributed by atoms with Gasteiger partial charge in [-0.3, -0.25) is 4.79 Å². The lowest BCUT2D eigenvalue weighted by atomic mass is 9.94. The van der Waals surface area contributed by atoms with Crippen LogP contribution in [-0.4, -0.2) is 42.4 Å². The van der Waals surface area contributed by atoms with Crippen LogP contribution in [0.3, 0.4) is 0 Å². The second-order valence-corrected chi connectivity index (χ2v) is 18.1. The average Bonchev–Trinajstić information content (AvgIpc) is 2.55. The minimum absolute atomic E-state index is 0.151. The molecule has 29 heavy (non-hydrogen) atoms. The molecule has 0 aromatic carbocycles. The number of carbonyl (C=O) groups is 1. The van der Waals surface area contributed by atoms with Gasteiger partial charge in [-0.1, -0.05) is 13.0 Å². The van der Waals surface area contributed by atoms with E-state index < -0.39 is 16.6 Å². The van der Waals surface area contributed by atoms with Gasteiger partial charge in [0.15, 0.2) is 8.32 Å². The molecule has 2 atom stereocenters. The summed E-state index contributed by atoms with van der Waals surface area (Å²) < 4.78 is 23.2. The normalized spacial score (nSPS) is 13.7. The molecule has 0 fully saturated rings. The fraction of sp³-hybridized carbons (Fsp3) is 0.727. The Morgan fingerprint density at radius 2 is 1.72 bits per heavy atom. The third-order valence-electron chi connectivity index (χ3n) is 3.83. The van der Waals surface area contributed by atoms with Crippen molar-refractivity contribution >= 4 is 22.6 Å². The molecule has 0 aromatic heterocycles. The lowest BCUT2D eigenvalue weighted by Gasteiger charge is -2.30. The van der Waals surface area contributed by atoms with Crippen molar-refractivity contribution in [1.82, 2.24) is 0 Å². The summed E-state index contributed by atoms with van der Waals surface area (Å²) in [6.45, 7) is 21.3. The highest BCUT2D eigenvalue weighted by Crippen LogP contribution is 2.26.